The van der Waals surface area contributed by atoms with Gasteiger partial charge in [0.1, 0.15) is 12.6 Å². The number of halogens is 1. The Bertz CT molecular complexity index is 481. The second kappa shape index (κ2) is 18.6. The summed E-state index contributed by atoms with van der Waals surface area (Å²) in [6.45, 7) is 1.23. The van der Waals surface area contributed by atoms with Crippen molar-refractivity contribution >= 4 is 17.7 Å². The van der Waals surface area contributed by atoms with Crippen LogP contribution in [0.2, 0.25) is 0 Å². The maximum absolute atomic E-state index is 11.8. The maximum atomic E-state index is 11.8. The highest BCUT2D eigenvalue weighted by Gasteiger charge is 2.17. The van der Waals surface area contributed by atoms with Gasteiger partial charge >= 0.3 is 11.9 Å². The number of carboxylic acids is 2. The number of aliphatic carboxylic acids is 2. The number of unbranched alkanes of at least 4 members (excludes halogenated alkanes) is 9. The fourth-order valence-electron chi connectivity index (χ4n) is 3.33. The summed E-state index contributed by atoms with van der Waals surface area (Å²) >= 11 is 0. The molecule has 0 bridgehead atoms. The summed E-state index contributed by atoms with van der Waals surface area (Å²) in [7, 11) is 6.14. The first-order chi connectivity index (χ1) is 13.6. The molecule has 0 heterocycles. The minimum Gasteiger partial charge on any atom is -1.00 e. The molecule has 0 saturated carbocycles. The Kier molecular flexibility index (Phi) is 19.2. The number of quaternary nitrogens is 1. The van der Waals surface area contributed by atoms with Gasteiger partial charge in [-0.05, 0) is 25.8 Å². The van der Waals surface area contributed by atoms with Gasteiger partial charge in [0.15, 0.2) is 5.78 Å². The van der Waals surface area contributed by atoms with E-state index in [0.29, 0.717) is 29.8 Å². The Morgan fingerprint density at radius 3 is 1.67 bits per heavy atom. The van der Waals surface area contributed by atoms with Gasteiger partial charge in [0.25, 0.3) is 0 Å². The number of carbonyl (C=O) groups excluding carboxylic acids is 1. The number of carbonyl (C=O) groups is 3. The monoisotopic (exact) mass is 450 g/mol. The maximum Gasteiger partial charge on any atom is 0.320 e. The van der Waals surface area contributed by atoms with Crippen LogP contribution < -0.4 is 17.7 Å². The summed E-state index contributed by atoms with van der Waals surface area (Å²) in [6, 6.07) is -0.770. The average molecular weight is 451 g/mol. The summed E-state index contributed by atoms with van der Waals surface area (Å²) in [5.74, 6) is -1.58. The van der Waals surface area contributed by atoms with Crippen LogP contribution in [0.1, 0.15) is 83.5 Å². The first kappa shape index (κ1) is 31.0. The van der Waals surface area contributed by atoms with Gasteiger partial charge in [-0.1, -0.05) is 51.4 Å². The van der Waals surface area contributed by atoms with E-state index in [4.69, 9.17) is 10.2 Å². The van der Waals surface area contributed by atoms with E-state index in [9.17, 15) is 14.4 Å². The molecule has 0 radical (unpaired) electrons. The third kappa shape index (κ3) is 21.5. The summed E-state index contributed by atoms with van der Waals surface area (Å²) in [5.41, 5.74) is 0. The highest BCUT2D eigenvalue weighted by molar-refractivity contribution is 5.79. The molecule has 1 atom stereocenters. The number of carboxylic acid groups (broad SMARTS) is 2. The topological polar surface area (TPSA) is 104 Å². The van der Waals surface area contributed by atoms with E-state index < -0.39 is 18.0 Å². The second-order valence-corrected chi connectivity index (χ2v) is 9.05. The van der Waals surface area contributed by atoms with E-state index in [2.05, 4.69) is 5.32 Å². The molecule has 0 rings (SSSR count). The number of likely N-dealkylation sites (N-methyl/N-ethyl adjacent to an activating group) is 1. The van der Waals surface area contributed by atoms with Crippen molar-refractivity contribution in [3.8, 4) is 0 Å². The van der Waals surface area contributed by atoms with Crippen LogP contribution in [-0.2, 0) is 14.4 Å². The van der Waals surface area contributed by atoms with Crippen LogP contribution in [0.3, 0.4) is 0 Å². The number of ketones is 1. The third-order valence-corrected chi connectivity index (χ3v) is 4.87. The van der Waals surface area contributed by atoms with E-state index in [-0.39, 0.29) is 25.2 Å². The summed E-state index contributed by atoms with van der Waals surface area (Å²) < 4.78 is 0.708. The molecule has 0 amide bonds. The first-order valence-electron chi connectivity index (χ1n) is 11.1. The molecule has 30 heavy (non-hydrogen) atoms. The fourth-order valence-corrected chi connectivity index (χ4v) is 3.33. The molecule has 0 unspecified atom stereocenters. The Balaban J connectivity index is 0. The zero-order valence-corrected chi connectivity index (χ0v) is 19.9. The number of Topliss-reactive ketones (excluding diaryl/α,β-unsaturated/α-hetero) is 1. The standard InChI is InChI=1S/C22H42N2O5.ClH/c1-24(2,3)18-19(25)14-12-10-8-6-4-5-7-9-11-13-17-23-20(22(28)29)15-16-21(26)27;/h20,23H,4-18H2,1-3H3,(H-,26,27,28,29);1H/t20-;/m1./s1. The van der Waals surface area contributed by atoms with Crippen LogP contribution >= 0.6 is 0 Å². The molecule has 0 aromatic rings. The van der Waals surface area contributed by atoms with Crippen molar-refractivity contribution in [1.82, 2.24) is 5.32 Å². The quantitative estimate of drug-likeness (QED) is 0.184. The number of hydrogen-bond acceptors (Lipinski definition) is 4. The largest absolute Gasteiger partial charge is 1.00 e. The van der Waals surface area contributed by atoms with Crippen molar-refractivity contribution in [2.75, 3.05) is 34.2 Å². The third-order valence-electron chi connectivity index (χ3n) is 4.87. The van der Waals surface area contributed by atoms with E-state index >= 15 is 0 Å². The normalized spacial score (nSPS) is 12.2. The molecular formula is C22H43ClN2O5. The smallest absolute Gasteiger partial charge is 0.320 e. The lowest BCUT2D eigenvalue weighted by molar-refractivity contribution is -0.862. The van der Waals surface area contributed by atoms with Gasteiger partial charge in [0.2, 0.25) is 0 Å². The van der Waals surface area contributed by atoms with Crippen LogP contribution in [0, 0.1) is 0 Å². The van der Waals surface area contributed by atoms with Crippen LogP contribution in [-0.4, -0.2) is 72.7 Å². The van der Waals surface area contributed by atoms with E-state index in [1.54, 1.807) is 0 Å². The van der Waals surface area contributed by atoms with E-state index in [1.807, 2.05) is 21.1 Å². The molecule has 178 valence electrons. The Hall–Kier alpha value is -1.18. The van der Waals surface area contributed by atoms with Gasteiger partial charge in [-0.15, -0.1) is 0 Å². The minimum atomic E-state index is -0.982. The first-order valence-corrected chi connectivity index (χ1v) is 11.1. The summed E-state index contributed by atoms with van der Waals surface area (Å²) in [6.07, 6.45) is 12.1. The van der Waals surface area contributed by atoms with Gasteiger partial charge < -0.3 is 32.4 Å². The molecule has 8 heteroatoms. The highest BCUT2D eigenvalue weighted by atomic mass is 35.5. The Morgan fingerprint density at radius 1 is 0.767 bits per heavy atom. The molecule has 0 aliphatic heterocycles. The number of rotatable bonds is 20. The number of nitrogens with zero attached hydrogens (tertiary/aromatic N) is 1. The average Bonchev–Trinajstić information content (AvgIpc) is 2.59. The lowest BCUT2D eigenvalue weighted by Gasteiger charge is -2.22. The molecular weight excluding hydrogens is 408 g/mol. The SMILES string of the molecule is C[N+](C)(C)CC(=O)CCCCCCCCCCCCN[C@H](CCC(=O)O)C(=O)O.[Cl-]. The predicted molar refractivity (Wildman–Crippen MR) is 115 cm³/mol. The molecule has 0 aromatic heterocycles. The van der Waals surface area contributed by atoms with Gasteiger partial charge in [-0.3, -0.25) is 14.4 Å². The van der Waals surface area contributed by atoms with Crippen LogP contribution in [0.25, 0.3) is 0 Å². The van der Waals surface area contributed by atoms with E-state index in [0.717, 1.165) is 32.1 Å². The molecule has 0 spiro atoms. The number of nitrogens with one attached hydrogen (secondary N) is 1. The predicted octanol–water partition coefficient (Wildman–Crippen LogP) is 0.464. The van der Waals surface area contributed by atoms with Crippen LogP contribution in [0.15, 0.2) is 0 Å². The van der Waals surface area contributed by atoms with E-state index in [1.165, 1.54) is 32.1 Å². The lowest BCUT2D eigenvalue weighted by Crippen LogP contribution is -3.00. The summed E-state index contributed by atoms with van der Waals surface area (Å²) in [5, 5.41) is 20.6. The molecule has 0 aliphatic rings. The zero-order valence-electron chi connectivity index (χ0n) is 19.1. The summed E-state index contributed by atoms with van der Waals surface area (Å²) in [4.78, 5) is 33.4. The van der Waals surface area contributed by atoms with Crippen molar-refractivity contribution < 1.29 is 41.5 Å². The van der Waals surface area contributed by atoms with Crippen molar-refractivity contribution in [3.05, 3.63) is 0 Å². The van der Waals surface area contributed by atoms with Gasteiger partial charge in [-0.2, -0.15) is 0 Å². The molecule has 0 fully saturated rings. The van der Waals surface area contributed by atoms with Crippen molar-refractivity contribution in [2.45, 2.75) is 89.5 Å². The van der Waals surface area contributed by atoms with Crippen molar-refractivity contribution in [1.29, 1.82) is 0 Å². The van der Waals surface area contributed by atoms with Crippen LogP contribution in [0.4, 0.5) is 0 Å². The van der Waals surface area contributed by atoms with Gasteiger partial charge in [0.05, 0.1) is 21.1 Å². The molecule has 3 N–H and O–H groups in total. The molecule has 0 saturated heterocycles. The van der Waals surface area contributed by atoms with Gasteiger partial charge in [0, 0.05) is 12.8 Å². The lowest BCUT2D eigenvalue weighted by atomic mass is 10.0. The number of hydrogen-bond donors (Lipinski definition) is 3. The van der Waals surface area contributed by atoms with Crippen LogP contribution in [0.5, 0.6) is 0 Å². The van der Waals surface area contributed by atoms with Crippen molar-refractivity contribution in [3.63, 3.8) is 0 Å². The Labute approximate surface area is 188 Å². The zero-order chi connectivity index (χ0) is 22.1. The minimum absolute atomic E-state index is 0. The fraction of sp³-hybridized carbons (Fsp3) is 0.864. The van der Waals surface area contributed by atoms with Crippen molar-refractivity contribution in [2.24, 2.45) is 0 Å². The highest BCUT2D eigenvalue weighted by Crippen LogP contribution is 2.12. The van der Waals surface area contributed by atoms with Gasteiger partial charge in [-0.25, -0.2) is 0 Å². The Morgan fingerprint density at radius 2 is 1.23 bits per heavy atom. The molecule has 0 aromatic carbocycles. The second-order valence-electron chi connectivity index (χ2n) is 9.05. The molecule has 7 nitrogen and oxygen atoms in total. The molecule has 0 aliphatic carbocycles.